The predicted octanol–water partition coefficient (Wildman–Crippen LogP) is 2.24. The van der Waals surface area contributed by atoms with Crippen LogP contribution in [0.25, 0.3) is 0 Å². The summed E-state index contributed by atoms with van der Waals surface area (Å²) in [6, 6.07) is 9.96. The zero-order valence-corrected chi connectivity index (χ0v) is 9.69. The van der Waals surface area contributed by atoms with E-state index < -0.39 is 0 Å². The molecule has 0 aliphatic carbocycles. The lowest BCUT2D eigenvalue weighted by Crippen LogP contribution is -2.16. The number of rotatable bonds is 6. The molecule has 1 rings (SSSR count). The van der Waals surface area contributed by atoms with Crippen molar-refractivity contribution < 1.29 is 9.53 Å². The Balaban J connectivity index is 2.54. The lowest BCUT2D eigenvalue weighted by Gasteiger charge is -2.10. The number of carbonyl (C=O) groups is 1. The Hall–Kier alpha value is -1.77. The SMILES string of the molecule is CCO/C(=C/C(C)=O)NCc1ccccc1. The highest BCUT2D eigenvalue weighted by Gasteiger charge is 1.99. The summed E-state index contributed by atoms with van der Waals surface area (Å²) in [5, 5.41) is 3.09. The van der Waals surface area contributed by atoms with Gasteiger partial charge in [0.15, 0.2) is 11.7 Å². The molecule has 1 aromatic carbocycles. The van der Waals surface area contributed by atoms with Crippen molar-refractivity contribution in [2.45, 2.75) is 20.4 Å². The van der Waals surface area contributed by atoms with Crippen LogP contribution in [0.1, 0.15) is 19.4 Å². The van der Waals surface area contributed by atoms with Crippen LogP contribution in [-0.4, -0.2) is 12.4 Å². The summed E-state index contributed by atoms with van der Waals surface area (Å²) in [4.78, 5) is 10.9. The van der Waals surface area contributed by atoms with Gasteiger partial charge in [0.1, 0.15) is 0 Å². The van der Waals surface area contributed by atoms with Gasteiger partial charge in [0, 0.05) is 12.6 Å². The Kier molecular flexibility index (Phi) is 5.12. The fourth-order valence-corrected chi connectivity index (χ4v) is 1.27. The molecule has 0 amide bonds. The van der Waals surface area contributed by atoms with E-state index in [1.807, 2.05) is 37.3 Å². The van der Waals surface area contributed by atoms with Gasteiger partial charge in [-0.05, 0) is 19.4 Å². The molecule has 0 heterocycles. The highest BCUT2D eigenvalue weighted by atomic mass is 16.5. The Morgan fingerprint density at radius 1 is 1.38 bits per heavy atom. The van der Waals surface area contributed by atoms with E-state index >= 15 is 0 Å². The van der Waals surface area contributed by atoms with Gasteiger partial charge < -0.3 is 10.1 Å². The number of carbonyl (C=O) groups excluding carboxylic acids is 1. The van der Waals surface area contributed by atoms with E-state index in [0.717, 1.165) is 5.56 Å². The Bertz CT molecular complexity index is 357. The van der Waals surface area contributed by atoms with Crippen LogP contribution < -0.4 is 5.32 Å². The van der Waals surface area contributed by atoms with E-state index in [4.69, 9.17) is 4.74 Å². The van der Waals surface area contributed by atoms with Crippen LogP contribution in [0, 0.1) is 0 Å². The summed E-state index contributed by atoms with van der Waals surface area (Å²) in [7, 11) is 0. The minimum absolute atomic E-state index is 0.0241. The molecule has 0 saturated carbocycles. The summed E-state index contributed by atoms with van der Waals surface area (Å²) in [6.45, 7) is 4.59. The van der Waals surface area contributed by atoms with Gasteiger partial charge in [0.05, 0.1) is 6.61 Å². The van der Waals surface area contributed by atoms with Gasteiger partial charge in [0.2, 0.25) is 0 Å². The third-order valence-corrected chi connectivity index (χ3v) is 1.94. The number of allylic oxidation sites excluding steroid dienone is 1. The van der Waals surface area contributed by atoms with E-state index in [0.29, 0.717) is 19.0 Å². The maximum absolute atomic E-state index is 10.9. The molecular weight excluding hydrogens is 202 g/mol. The van der Waals surface area contributed by atoms with Gasteiger partial charge in [-0.3, -0.25) is 4.79 Å². The molecule has 0 fully saturated rings. The Morgan fingerprint density at radius 3 is 2.62 bits per heavy atom. The van der Waals surface area contributed by atoms with Crippen molar-refractivity contribution in [2.24, 2.45) is 0 Å². The minimum atomic E-state index is -0.0241. The third-order valence-electron chi connectivity index (χ3n) is 1.94. The number of hydrogen-bond donors (Lipinski definition) is 1. The summed E-state index contributed by atoms with van der Waals surface area (Å²) < 4.78 is 5.30. The van der Waals surface area contributed by atoms with Crippen molar-refractivity contribution in [3.63, 3.8) is 0 Å². The second-order valence-corrected chi connectivity index (χ2v) is 3.39. The first-order valence-electron chi connectivity index (χ1n) is 5.35. The van der Waals surface area contributed by atoms with Gasteiger partial charge in [-0.15, -0.1) is 0 Å². The van der Waals surface area contributed by atoms with Gasteiger partial charge >= 0.3 is 0 Å². The van der Waals surface area contributed by atoms with E-state index in [1.165, 1.54) is 13.0 Å². The topological polar surface area (TPSA) is 38.3 Å². The van der Waals surface area contributed by atoms with Gasteiger partial charge in [-0.25, -0.2) is 0 Å². The average molecular weight is 219 g/mol. The molecule has 0 atom stereocenters. The molecule has 0 aliphatic heterocycles. The van der Waals surface area contributed by atoms with E-state index in [-0.39, 0.29) is 5.78 Å². The Morgan fingerprint density at radius 2 is 2.06 bits per heavy atom. The first-order chi connectivity index (χ1) is 7.72. The normalized spacial score (nSPS) is 11.0. The fourth-order valence-electron chi connectivity index (χ4n) is 1.27. The second-order valence-electron chi connectivity index (χ2n) is 3.39. The molecule has 0 aliphatic rings. The number of ketones is 1. The maximum atomic E-state index is 10.9. The smallest absolute Gasteiger partial charge is 0.190 e. The van der Waals surface area contributed by atoms with Crippen LogP contribution in [0.15, 0.2) is 42.3 Å². The van der Waals surface area contributed by atoms with E-state index in [9.17, 15) is 4.79 Å². The maximum Gasteiger partial charge on any atom is 0.190 e. The van der Waals surface area contributed by atoms with Gasteiger partial charge in [0.25, 0.3) is 0 Å². The molecule has 0 bridgehead atoms. The zero-order valence-electron chi connectivity index (χ0n) is 9.69. The number of benzene rings is 1. The molecule has 0 saturated heterocycles. The molecule has 1 aromatic rings. The van der Waals surface area contributed by atoms with Crippen LogP contribution in [0.4, 0.5) is 0 Å². The van der Waals surface area contributed by atoms with Crippen LogP contribution in [0.2, 0.25) is 0 Å². The summed E-state index contributed by atoms with van der Waals surface area (Å²) in [5.41, 5.74) is 1.15. The quantitative estimate of drug-likeness (QED) is 0.589. The fraction of sp³-hybridized carbons (Fsp3) is 0.308. The van der Waals surface area contributed by atoms with Crippen LogP contribution in [0.5, 0.6) is 0 Å². The zero-order chi connectivity index (χ0) is 11.8. The summed E-state index contributed by atoms with van der Waals surface area (Å²) >= 11 is 0. The van der Waals surface area contributed by atoms with Gasteiger partial charge in [-0.2, -0.15) is 0 Å². The van der Waals surface area contributed by atoms with Crippen LogP contribution in [-0.2, 0) is 16.1 Å². The second kappa shape index (κ2) is 6.67. The van der Waals surface area contributed by atoms with Crippen molar-refractivity contribution in [1.82, 2.24) is 5.32 Å². The molecule has 16 heavy (non-hydrogen) atoms. The molecular formula is C13H17NO2. The number of nitrogens with one attached hydrogen (secondary N) is 1. The largest absolute Gasteiger partial charge is 0.479 e. The van der Waals surface area contributed by atoms with Crippen molar-refractivity contribution in [3.05, 3.63) is 47.9 Å². The van der Waals surface area contributed by atoms with E-state index in [1.54, 1.807) is 0 Å². The minimum Gasteiger partial charge on any atom is -0.479 e. The molecule has 1 N–H and O–H groups in total. The predicted molar refractivity (Wildman–Crippen MR) is 63.7 cm³/mol. The molecule has 0 aromatic heterocycles. The monoisotopic (exact) mass is 219 g/mol. The standard InChI is InChI=1S/C13H17NO2/c1-3-16-13(9-11(2)15)14-10-12-7-5-4-6-8-12/h4-9,14H,3,10H2,1-2H3/b13-9+. The van der Waals surface area contributed by atoms with Crippen molar-refractivity contribution in [2.75, 3.05) is 6.61 Å². The number of ether oxygens (including phenoxy) is 1. The molecule has 86 valence electrons. The number of hydrogen-bond acceptors (Lipinski definition) is 3. The molecule has 0 spiro atoms. The van der Waals surface area contributed by atoms with Crippen molar-refractivity contribution in [1.29, 1.82) is 0 Å². The van der Waals surface area contributed by atoms with Crippen LogP contribution in [0.3, 0.4) is 0 Å². The van der Waals surface area contributed by atoms with Crippen LogP contribution >= 0.6 is 0 Å². The third kappa shape index (κ3) is 4.64. The average Bonchev–Trinajstić information content (AvgIpc) is 2.27. The first kappa shape index (κ1) is 12.3. The molecule has 0 radical (unpaired) electrons. The van der Waals surface area contributed by atoms with E-state index in [2.05, 4.69) is 5.32 Å². The summed E-state index contributed by atoms with van der Waals surface area (Å²) in [6.07, 6.45) is 1.46. The summed E-state index contributed by atoms with van der Waals surface area (Å²) in [5.74, 6) is 0.503. The first-order valence-corrected chi connectivity index (χ1v) is 5.35. The molecule has 0 unspecified atom stereocenters. The Labute approximate surface area is 96.1 Å². The lowest BCUT2D eigenvalue weighted by molar-refractivity contribution is -0.112. The highest BCUT2D eigenvalue weighted by Crippen LogP contribution is 2.00. The van der Waals surface area contributed by atoms with Gasteiger partial charge in [-0.1, -0.05) is 30.3 Å². The lowest BCUT2D eigenvalue weighted by atomic mass is 10.2. The highest BCUT2D eigenvalue weighted by molar-refractivity contribution is 5.87. The molecule has 3 heteroatoms. The molecule has 3 nitrogen and oxygen atoms in total. The van der Waals surface area contributed by atoms with Crippen molar-refractivity contribution >= 4 is 5.78 Å². The van der Waals surface area contributed by atoms with Crippen molar-refractivity contribution in [3.8, 4) is 0 Å².